The minimum Gasteiger partial charge on any atom is -0.493 e. The molecule has 0 heterocycles. The number of hydrogen-bond donors (Lipinski definition) is 0. The van der Waals surface area contributed by atoms with Crippen LogP contribution in [0.3, 0.4) is 0 Å². The Morgan fingerprint density at radius 1 is 0.969 bits per heavy atom. The molecule has 2 aromatic carbocycles. The summed E-state index contributed by atoms with van der Waals surface area (Å²) in [5.74, 6) is 2.59. The van der Waals surface area contributed by atoms with Crippen LogP contribution in [0.4, 0.5) is 0 Å². The summed E-state index contributed by atoms with van der Waals surface area (Å²) in [5, 5.41) is 3.83. The summed E-state index contributed by atoms with van der Waals surface area (Å²) >= 11 is 0. The molecule has 0 aliphatic heterocycles. The van der Waals surface area contributed by atoms with E-state index in [-0.39, 0.29) is 0 Å². The molecule has 0 bridgehead atoms. The monoisotopic (exact) mass is 441 g/mol. The number of ether oxygens (including phenoxy) is 4. The van der Waals surface area contributed by atoms with Gasteiger partial charge in [-0.3, -0.25) is 0 Å². The van der Waals surface area contributed by atoms with Crippen molar-refractivity contribution in [3.8, 4) is 17.2 Å². The molecule has 0 saturated carbocycles. The lowest BCUT2D eigenvalue weighted by molar-refractivity contribution is 0.150. The Balaban J connectivity index is 1.74. The van der Waals surface area contributed by atoms with Crippen molar-refractivity contribution in [2.75, 3.05) is 33.5 Å². The molecular formula is C26H35NO5. The summed E-state index contributed by atoms with van der Waals surface area (Å²) in [6.07, 6.45) is 4.74. The smallest absolute Gasteiger partial charge is 0.125 e. The fraction of sp³-hybridized carbons (Fsp3) is 0.423. The lowest BCUT2D eigenvalue weighted by atomic mass is 10.1. The van der Waals surface area contributed by atoms with Gasteiger partial charge in [0.25, 0.3) is 0 Å². The Kier molecular flexibility index (Phi) is 11.2. The zero-order valence-corrected chi connectivity index (χ0v) is 19.8. The van der Waals surface area contributed by atoms with E-state index in [0.717, 1.165) is 46.1 Å². The lowest BCUT2D eigenvalue weighted by Gasteiger charge is -2.14. The number of nitrogens with zero attached hydrogens (tertiary/aromatic N) is 1. The van der Waals surface area contributed by atoms with E-state index in [0.29, 0.717) is 33.0 Å². The molecule has 0 N–H and O–H groups in total. The van der Waals surface area contributed by atoms with Crippen molar-refractivity contribution in [1.29, 1.82) is 0 Å². The molecule has 0 saturated heterocycles. The van der Waals surface area contributed by atoms with Gasteiger partial charge in [0.05, 0.1) is 32.1 Å². The maximum atomic E-state index is 6.01. The third-order valence-corrected chi connectivity index (χ3v) is 4.54. The van der Waals surface area contributed by atoms with Crippen molar-refractivity contribution in [3.05, 3.63) is 65.2 Å². The standard InChI is InChI=1S/C26H35NO5/c1-6-7-12-31-25-15-20(2)26(21(3)16-25)32-14-9-13-30-24-11-8-10-23(17-24)19-29-18-22(4)27-28-5/h6-8,10-11,15-17H,9,12-14,18-19H2,1-5H3/b7-6+,27-22?. The Morgan fingerprint density at radius 2 is 1.72 bits per heavy atom. The van der Waals surface area contributed by atoms with E-state index in [2.05, 4.69) is 5.16 Å². The average Bonchev–Trinajstić information content (AvgIpc) is 2.76. The first-order valence-electron chi connectivity index (χ1n) is 10.9. The van der Waals surface area contributed by atoms with Crippen molar-refractivity contribution in [2.24, 2.45) is 5.16 Å². The number of aryl methyl sites for hydroxylation is 2. The second kappa shape index (κ2) is 14.1. The van der Waals surface area contributed by atoms with E-state index in [1.165, 1.54) is 7.11 Å². The van der Waals surface area contributed by atoms with Crippen molar-refractivity contribution in [1.82, 2.24) is 0 Å². The van der Waals surface area contributed by atoms with Gasteiger partial charge in [-0.1, -0.05) is 29.4 Å². The fourth-order valence-corrected chi connectivity index (χ4v) is 3.11. The quantitative estimate of drug-likeness (QED) is 0.164. The highest BCUT2D eigenvalue weighted by Crippen LogP contribution is 2.28. The third kappa shape index (κ3) is 9.02. The van der Waals surface area contributed by atoms with Crippen LogP contribution in [0.25, 0.3) is 0 Å². The van der Waals surface area contributed by atoms with E-state index < -0.39 is 0 Å². The van der Waals surface area contributed by atoms with Crippen molar-refractivity contribution in [3.63, 3.8) is 0 Å². The summed E-state index contributed by atoms with van der Waals surface area (Å²) in [6, 6.07) is 11.9. The molecule has 2 aromatic rings. The zero-order chi connectivity index (χ0) is 23.2. The Bertz CT molecular complexity index is 869. The first-order chi connectivity index (χ1) is 15.5. The summed E-state index contributed by atoms with van der Waals surface area (Å²) in [7, 11) is 1.52. The fourth-order valence-electron chi connectivity index (χ4n) is 3.11. The van der Waals surface area contributed by atoms with Crippen LogP contribution in [0, 0.1) is 13.8 Å². The predicted octanol–water partition coefficient (Wildman–Crippen LogP) is 5.65. The predicted molar refractivity (Wildman–Crippen MR) is 128 cm³/mol. The molecule has 0 fully saturated rings. The van der Waals surface area contributed by atoms with Crippen LogP contribution in [0.5, 0.6) is 17.2 Å². The van der Waals surface area contributed by atoms with E-state index in [9.17, 15) is 0 Å². The summed E-state index contributed by atoms with van der Waals surface area (Å²) in [4.78, 5) is 4.72. The molecule has 0 atom stereocenters. The third-order valence-electron chi connectivity index (χ3n) is 4.54. The second-order valence-electron chi connectivity index (χ2n) is 7.47. The van der Waals surface area contributed by atoms with E-state index in [1.54, 1.807) is 0 Å². The molecular weight excluding hydrogens is 406 g/mol. The maximum absolute atomic E-state index is 6.01. The van der Waals surface area contributed by atoms with Crippen LogP contribution in [-0.4, -0.2) is 39.2 Å². The molecule has 0 unspecified atom stereocenters. The van der Waals surface area contributed by atoms with Crippen LogP contribution < -0.4 is 14.2 Å². The van der Waals surface area contributed by atoms with E-state index in [4.69, 9.17) is 23.8 Å². The number of rotatable bonds is 14. The van der Waals surface area contributed by atoms with Crippen LogP contribution in [0.2, 0.25) is 0 Å². The highest BCUT2D eigenvalue weighted by molar-refractivity contribution is 5.82. The molecule has 0 amide bonds. The minimum absolute atomic E-state index is 0.429. The topological polar surface area (TPSA) is 58.5 Å². The van der Waals surface area contributed by atoms with Gasteiger partial charge >= 0.3 is 0 Å². The average molecular weight is 442 g/mol. The maximum Gasteiger partial charge on any atom is 0.125 e. The van der Waals surface area contributed by atoms with Gasteiger partial charge in [0.15, 0.2) is 0 Å². The Hall–Kier alpha value is -2.99. The van der Waals surface area contributed by atoms with E-state index >= 15 is 0 Å². The molecule has 0 aliphatic rings. The molecule has 0 radical (unpaired) electrons. The Morgan fingerprint density at radius 3 is 2.44 bits per heavy atom. The molecule has 6 nitrogen and oxygen atoms in total. The van der Waals surface area contributed by atoms with E-state index in [1.807, 2.05) is 76.2 Å². The molecule has 0 aromatic heterocycles. The van der Waals surface area contributed by atoms with Gasteiger partial charge in [-0.2, -0.15) is 0 Å². The lowest BCUT2D eigenvalue weighted by Crippen LogP contribution is -2.07. The first kappa shape index (κ1) is 25.3. The molecule has 6 heteroatoms. The number of oxime groups is 1. The van der Waals surface area contributed by atoms with Gasteiger partial charge in [-0.15, -0.1) is 0 Å². The highest BCUT2D eigenvalue weighted by Gasteiger charge is 2.07. The SMILES string of the molecule is C/C=C/COc1cc(C)c(OCCCOc2cccc(COCC(C)=NOC)c2)c(C)c1. The van der Waals surface area contributed by atoms with Gasteiger partial charge in [0, 0.05) is 6.42 Å². The molecule has 32 heavy (non-hydrogen) atoms. The van der Waals surface area contributed by atoms with Gasteiger partial charge in [0.2, 0.25) is 0 Å². The summed E-state index contributed by atoms with van der Waals surface area (Å²) < 4.78 is 23.3. The zero-order valence-electron chi connectivity index (χ0n) is 19.8. The van der Waals surface area contributed by atoms with Crippen molar-refractivity contribution in [2.45, 2.75) is 40.7 Å². The number of benzene rings is 2. The minimum atomic E-state index is 0.429. The van der Waals surface area contributed by atoms with Crippen molar-refractivity contribution >= 4 is 5.71 Å². The molecule has 174 valence electrons. The van der Waals surface area contributed by atoms with Gasteiger partial charge < -0.3 is 23.8 Å². The van der Waals surface area contributed by atoms with Crippen LogP contribution in [0.1, 0.15) is 37.0 Å². The normalized spacial score (nSPS) is 11.6. The van der Waals surface area contributed by atoms with Gasteiger partial charge in [-0.05, 0) is 68.7 Å². The van der Waals surface area contributed by atoms with Gasteiger partial charge in [0.1, 0.15) is 31.0 Å². The first-order valence-corrected chi connectivity index (χ1v) is 10.9. The Labute approximate surface area is 191 Å². The largest absolute Gasteiger partial charge is 0.493 e. The molecule has 0 spiro atoms. The molecule has 0 aliphatic carbocycles. The highest BCUT2D eigenvalue weighted by atomic mass is 16.6. The molecule has 2 rings (SSSR count). The van der Waals surface area contributed by atoms with Crippen LogP contribution in [0.15, 0.2) is 53.7 Å². The van der Waals surface area contributed by atoms with Crippen LogP contribution in [-0.2, 0) is 16.2 Å². The van der Waals surface area contributed by atoms with Gasteiger partial charge in [-0.25, -0.2) is 0 Å². The summed E-state index contributed by atoms with van der Waals surface area (Å²) in [6.45, 7) is 10.6. The summed E-state index contributed by atoms with van der Waals surface area (Å²) in [5.41, 5.74) is 3.98. The second-order valence-corrected chi connectivity index (χ2v) is 7.47. The number of allylic oxidation sites excluding steroid dienone is 1. The number of hydrogen-bond acceptors (Lipinski definition) is 6. The van der Waals surface area contributed by atoms with Crippen molar-refractivity contribution < 1.29 is 23.8 Å². The van der Waals surface area contributed by atoms with Crippen LogP contribution >= 0.6 is 0 Å².